The van der Waals surface area contributed by atoms with Gasteiger partial charge in [0.2, 0.25) is 0 Å². The van der Waals surface area contributed by atoms with Crippen molar-refractivity contribution in [2.75, 3.05) is 20.7 Å². The zero-order chi connectivity index (χ0) is 12.3. The van der Waals surface area contributed by atoms with Gasteiger partial charge in [0.15, 0.2) is 0 Å². The fraction of sp³-hybridized carbons (Fsp3) is 0.500. The molecule has 92 valence electrons. The lowest BCUT2D eigenvalue weighted by atomic mass is 10.1. The van der Waals surface area contributed by atoms with Crippen LogP contribution in [0.2, 0.25) is 0 Å². The van der Waals surface area contributed by atoms with Crippen LogP contribution in [0.25, 0.3) is 0 Å². The third-order valence-electron chi connectivity index (χ3n) is 3.13. The van der Waals surface area contributed by atoms with Gasteiger partial charge in [0, 0.05) is 13.1 Å². The van der Waals surface area contributed by atoms with Crippen LogP contribution in [0.1, 0.15) is 28.8 Å². The fourth-order valence-corrected chi connectivity index (χ4v) is 2.06. The van der Waals surface area contributed by atoms with Crippen LogP contribution in [-0.4, -0.2) is 31.6 Å². The highest BCUT2D eigenvalue weighted by molar-refractivity contribution is 5.90. The van der Waals surface area contributed by atoms with Gasteiger partial charge in [-0.15, -0.1) is 0 Å². The van der Waals surface area contributed by atoms with Crippen LogP contribution in [0.3, 0.4) is 0 Å². The maximum atomic E-state index is 11.6. The molecule has 1 aromatic carbocycles. The molecule has 3 nitrogen and oxygen atoms in total. The van der Waals surface area contributed by atoms with Crippen LogP contribution in [0, 0.1) is 5.92 Å². The Labute approximate surface area is 102 Å². The van der Waals surface area contributed by atoms with Crippen LogP contribution in [0.4, 0.5) is 0 Å². The third-order valence-corrected chi connectivity index (χ3v) is 3.13. The highest BCUT2D eigenvalue weighted by atomic mass is 16.5. The zero-order valence-electron chi connectivity index (χ0n) is 10.5. The molecule has 17 heavy (non-hydrogen) atoms. The van der Waals surface area contributed by atoms with Gasteiger partial charge in [-0.2, -0.15) is 0 Å². The molecule has 2 rings (SSSR count). The van der Waals surface area contributed by atoms with E-state index in [1.165, 1.54) is 20.0 Å². The average molecular weight is 233 g/mol. The van der Waals surface area contributed by atoms with Gasteiger partial charge in [0.05, 0.1) is 12.7 Å². The molecule has 0 radical (unpaired) electrons. The molecule has 0 saturated heterocycles. The molecule has 1 saturated carbocycles. The number of hydrogen-bond donors (Lipinski definition) is 0. The number of esters is 1. The van der Waals surface area contributed by atoms with Crippen molar-refractivity contribution in [1.82, 2.24) is 4.90 Å². The van der Waals surface area contributed by atoms with Crippen molar-refractivity contribution >= 4 is 5.97 Å². The second-order valence-corrected chi connectivity index (χ2v) is 4.79. The number of nitrogens with zero attached hydrogens (tertiary/aromatic N) is 1. The van der Waals surface area contributed by atoms with Gasteiger partial charge >= 0.3 is 5.97 Å². The van der Waals surface area contributed by atoms with E-state index in [9.17, 15) is 4.79 Å². The molecule has 0 bridgehead atoms. The Bertz CT molecular complexity index is 399. The quantitative estimate of drug-likeness (QED) is 0.731. The summed E-state index contributed by atoms with van der Waals surface area (Å²) >= 11 is 0. The Morgan fingerprint density at radius 1 is 1.41 bits per heavy atom. The topological polar surface area (TPSA) is 29.5 Å². The van der Waals surface area contributed by atoms with Crippen LogP contribution in [0.5, 0.6) is 0 Å². The summed E-state index contributed by atoms with van der Waals surface area (Å²) in [7, 11) is 3.53. The van der Waals surface area contributed by atoms with Crippen molar-refractivity contribution in [2.45, 2.75) is 19.4 Å². The highest BCUT2D eigenvalue weighted by Gasteiger charge is 2.23. The normalized spacial score (nSPS) is 15.0. The number of ether oxygens (including phenoxy) is 1. The lowest BCUT2D eigenvalue weighted by molar-refractivity contribution is 0.0598. The predicted octanol–water partition coefficient (Wildman–Crippen LogP) is 2.32. The van der Waals surface area contributed by atoms with Crippen molar-refractivity contribution < 1.29 is 9.53 Å². The number of carbonyl (C=O) groups is 1. The lowest BCUT2D eigenvalue weighted by Crippen LogP contribution is -2.22. The highest BCUT2D eigenvalue weighted by Crippen LogP contribution is 2.29. The Balaban J connectivity index is 2.05. The molecule has 0 unspecified atom stereocenters. The van der Waals surface area contributed by atoms with E-state index in [1.807, 2.05) is 24.3 Å². The zero-order valence-corrected chi connectivity index (χ0v) is 10.5. The minimum absolute atomic E-state index is 0.250. The Kier molecular flexibility index (Phi) is 3.79. The summed E-state index contributed by atoms with van der Waals surface area (Å²) < 4.78 is 4.79. The van der Waals surface area contributed by atoms with Crippen molar-refractivity contribution in [3.63, 3.8) is 0 Å². The molecule has 3 heteroatoms. The first-order valence-corrected chi connectivity index (χ1v) is 6.05. The molecule has 0 heterocycles. The molecule has 1 aliphatic rings. The minimum Gasteiger partial charge on any atom is -0.465 e. The molecule has 1 aromatic rings. The van der Waals surface area contributed by atoms with Crippen molar-refractivity contribution in [3.05, 3.63) is 35.4 Å². The standard InChI is InChI=1S/C14H19NO2/c1-15(9-11-7-8-11)10-12-5-3-4-6-13(12)14(16)17-2/h3-6,11H,7-10H2,1-2H3. The Hall–Kier alpha value is -1.35. The smallest absolute Gasteiger partial charge is 0.338 e. The molecular formula is C14H19NO2. The first-order chi connectivity index (χ1) is 8.20. The summed E-state index contributed by atoms with van der Waals surface area (Å²) in [6.45, 7) is 1.93. The average Bonchev–Trinajstić information content (AvgIpc) is 3.12. The number of hydrogen-bond acceptors (Lipinski definition) is 3. The summed E-state index contributed by atoms with van der Waals surface area (Å²) in [5, 5.41) is 0. The van der Waals surface area contributed by atoms with Gasteiger partial charge in [-0.1, -0.05) is 18.2 Å². The second kappa shape index (κ2) is 5.32. The van der Waals surface area contributed by atoms with E-state index in [0.717, 1.165) is 24.6 Å². The first kappa shape index (κ1) is 12.1. The molecular weight excluding hydrogens is 214 g/mol. The molecule has 0 amide bonds. The van der Waals surface area contributed by atoms with E-state index >= 15 is 0 Å². The van der Waals surface area contributed by atoms with Crippen LogP contribution in [0.15, 0.2) is 24.3 Å². The second-order valence-electron chi connectivity index (χ2n) is 4.79. The van der Waals surface area contributed by atoms with Crippen molar-refractivity contribution in [1.29, 1.82) is 0 Å². The maximum absolute atomic E-state index is 11.6. The van der Waals surface area contributed by atoms with E-state index < -0.39 is 0 Å². The van der Waals surface area contributed by atoms with Gasteiger partial charge in [-0.3, -0.25) is 0 Å². The van der Waals surface area contributed by atoms with Crippen molar-refractivity contribution in [2.24, 2.45) is 5.92 Å². The number of carbonyl (C=O) groups excluding carboxylic acids is 1. The largest absolute Gasteiger partial charge is 0.465 e. The van der Waals surface area contributed by atoms with Gasteiger partial charge in [-0.25, -0.2) is 4.79 Å². The molecule has 0 aliphatic heterocycles. The number of benzene rings is 1. The van der Waals surface area contributed by atoms with E-state index in [0.29, 0.717) is 5.56 Å². The van der Waals surface area contributed by atoms with Crippen LogP contribution in [-0.2, 0) is 11.3 Å². The Morgan fingerprint density at radius 3 is 2.76 bits per heavy atom. The summed E-state index contributed by atoms with van der Waals surface area (Å²) in [6.07, 6.45) is 2.70. The van der Waals surface area contributed by atoms with Gasteiger partial charge < -0.3 is 9.64 Å². The molecule has 0 N–H and O–H groups in total. The molecule has 0 atom stereocenters. The van der Waals surface area contributed by atoms with Crippen LogP contribution < -0.4 is 0 Å². The van der Waals surface area contributed by atoms with E-state index in [1.54, 1.807) is 0 Å². The molecule has 1 fully saturated rings. The maximum Gasteiger partial charge on any atom is 0.338 e. The fourth-order valence-electron chi connectivity index (χ4n) is 2.06. The molecule has 0 aromatic heterocycles. The predicted molar refractivity (Wildman–Crippen MR) is 66.8 cm³/mol. The monoisotopic (exact) mass is 233 g/mol. The van der Waals surface area contributed by atoms with Crippen molar-refractivity contribution in [3.8, 4) is 0 Å². The minimum atomic E-state index is -0.250. The summed E-state index contributed by atoms with van der Waals surface area (Å²) in [5.41, 5.74) is 1.72. The molecule has 0 spiro atoms. The summed E-state index contributed by atoms with van der Waals surface area (Å²) in [5.74, 6) is 0.616. The van der Waals surface area contributed by atoms with Crippen LogP contribution >= 0.6 is 0 Å². The van der Waals surface area contributed by atoms with Gasteiger partial charge in [-0.05, 0) is 37.4 Å². The van der Waals surface area contributed by atoms with Gasteiger partial charge in [0.1, 0.15) is 0 Å². The first-order valence-electron chi connectivity index (χ1n) is 6.05. The summed E-state index contributed by atoms with van der Waals surface area (Å²) in [4.78, 5) is 13.9. The lowest BCUT2D eigenvalue weighted by Gasteiger charge is -2.17. The Morgan fingerprint density at radius 2 is 2.12 bits per heavy atom. The number of methoxy groups -OCH3 is 1. The number of rotatable bonds is 5. The third kappa shape index (κ3) is 3.30. The van der Waals surface area contributed by atoms with E-state index in [4.69, 9.17) is 4.74 Å². The SMILES string of the molecule is COC(=O)c1ccccc1CN(C)CC1CC1. The summed E-state index contributed by atoms with van der Waals surface area (Å²) in [6, 6.07) is 7.66. The van der Waals surface area contributed by atoms with Gasteiger partial charge in [0.25, 0.3) is 0 Å². The molecule has 1 aliphatic carbocycles. The van der Waals surface area contributed by atoms with E-state index in [2.05, 4.69) is 11.9 Å². The van der Waals surface area contributed by atoms with E-state index in [-0.39, 0.29) is 5.97 Å².